The number of anilines is 1. The van der Waals surface area contributed by atoms with E-state index in [0.717, 1.165) is 4.47 Å². The van der Waals surface area contributed by atoms with Gasteiger partial charge in [-0.05, 0) is 37.3 Å². The molecule has 36 heavy (non-hydrogen) atoms. The highest BCUT2D eigenvalue weighted by atomic mass is 79.9. The van der Waals surface area contributed by atoms with E-state index in [9.17, 15) is 18.9 Å². The zero-order valence-electron chi connectivity index (χ0n) is 20.2. The van der Waals surface area contributed by atoms with Gasteiger partial charge >= 0.3 is 13.4 Å². The van der Waals surface area contributed by atoms with Crippen LogP contribution in [0.25, 0.3) is 0 Å². The molecule has 2 heterocycles. The third-order valence-corrected chi connectivity index (χ3v) is 6.97. The Morgan fingerprint density at radius 3 is 2.64 bits per heavy atom. The first-order valence-corrected chi connectivity index (χ1v) is 13.3. The Balaban J connectivity index is 1.63. The lowest BCUT2D eigenvalue weighted by Crippen LogP contribution is -2.32. The number of nitrogens with one attached hydrogen (secondary N) is 2. The van der Waals surface area contributed by atoms with Crippen LogP contribution in [0.2, 0.25) is 0 Å². The van der Waals surface area contributed by atoms with Gasteiger partial charge in [0.1, 0.15) is 24.5 Å². The van der Waals surface area contributed by atoms with Crippen molar-refractivity contribution in [3.8, 4) is 5.75 Å². The number of halogens is 1. The summed E-state index contributed by atoms with van der Waals surface area (Å²) in [6.07, 6.45) is 0.198. The largest absolute Gasteiger partial charge is 0.459 e. The van der Waals surface area contributed by atoms with Crippen LogP contribution in [0.5, 0.6) is 5.75 Å². The van der Waals surface area contributed by atoms with Crippen molar-refractivity contribution in [3.05, 3.63) is 51.5 Å². The molecular weight excluding hydrogens is 559 g/mol. The molecule has 1 amide bonds. The summed E-state index contributed by atoms with van der Waals surface area (Å²) >= 11 is 3.31. The van der Waals surface area contributed by atoms with Gasteiger partial charge in [0.05, 0.1) is 12.6 Å². The molecule has 0 saturated carbocycles. The minimum absolute atomic E-state index is 0.000645. The highest BCUT2D eigenvalue weighted by Crippen LogP contribution is 2.45. The van der Waals surface area contributed by atoms with Crippen molar-refractivity contribution in [1.82, 2.24) is 14.6 Å². The summed E-state index contributed by atoms with van der Waals surface area (Å²) in [5.74, 6) is 0.100. The lowest BCUT2D eigenvalue weighted by atomic mass is 9.96. The number of rotatable bonds is 10. The fourth-order valence-corrected chi connectivity index (χ4v) is 4.57. The van der Waals surface area contributed by atoms with Crippen LogP contribution in [-0.2, 0) is 28.2 Å². The fraction of sp³-hybridized carbons (Fsp3) is 0.455. The van der Waals surface area contributed by atoms with Gasteiger partial charge in [0.25, 0.3) is 0 Å². The second-order valence-electron chi connectivity index (χ2n) is 8.95. The number of ether oxygens (including phenoxy) is 2. The van der Waals surface area contributed by atoms with E-state index in [1.54, 1.807) is 45.0 Å². The van der Waals surface area contributed by atoms with Gasteiger partial charge in [0.2, 0.25) is 5.91 Å². The summed E-state index contributed by atoms with van der Waals surface area (Å²) in [6.45, 7) is 6.41. The molecule has 0 radical (unpaired) electrons. The molecule has 0 bridgehead atoms. The average molecular weight is 587 g/mol. The molecule has 0 aliphatic carbocycles. The molecule has 1 aliphatic heterocycles. The Hall–Kier alpha value is -2.41. The maximum atomic E-state index is 13.3. The number of hydrogen-bond donors (Lipinski definition) is 2. The molecule has 12 nitrogen and oxygen atoms in total. The zero-order chi connectivity index (χ0) is 26.5. The van der Waals surface area contributed by atoms with E-state index in [-0.39, 0.29) is 30.7 Å². The van der Waals surface area contributed by atoms with Crippen LogP contribution in [0.15, 0.2) is 45.8 Å². The Labute approximate surface area is 216 Å². The Kier molecular flexibility index (Phi) is 9.20. The Morgan fingerprint density at radius 1 is 1.33 bits per heavy atom. The molecule has 1 unspecified atom stereocenters. The molecule has 1 aromatic heterocycles. The first kappa shape index (κ1) is 28.2. The van der Waals surface area contributed by atoms with Gasteiger partial charge in [-0.15, -0.1) is 0 Å². The smallest absolute Gasteiger partial charge is 0.413 e. The Bertz CT molecular complexity index is 1180. The van der Waals surface area contributed by atoms with Crippen LogP contribution < -0.4 is 20.6 Å². The topological polar surface area (TPSA) is 147 Å². The first-order chi connectivity index (χ1) is 16.9. The average Bonchev–Trinajstić information content (AvgIpc) is 3.27. The molecule has 4 atom stereocenters. The lowest BCUT2D eigenvalue weighted by Gasteiger charge is -2.22. The highest BCUT2D eigenvalue weighted by molar-refractivity contribution is 9.10. The number of amides is 1. The predicted octanol–water partition coefficient (Wildman–Crippen LogP) is 3.24. The number of aldehydes is 1. The van der Waals surface area contributed by atoms with Crippen LogP contribution in [0.1, 0.15) is 33.9 Å². The van der Waals surface area contributed by atoms with Gasteiger partial charge in [-0.3, -0.25) is 13.9 Å². The standard InChI is InChI=1S/C22H28BrN4O8P/c1-14(11-28)26-36(31,35-16-7-5-15(23)6-8-16)33-13-19-32-12-18(34-19)27-10-9-17(25-21(27)30)24-20(29)22(2,3)4/h5-11,14,18-19H,12-13H2,1-4H3,(H,26,31)(H,24,25,29,30)/t14-,18-,19-,36?/m0/s1. The molecule has 0 spiro atoms. The predicted molar refractivity (Wildman–Crippen MR) is 133 cm³/mol. The number of hydrogen-bond acceptors (Lipinski definition) is 9. The summed E-state index contributed by atoms with van der Waals surface area (Å²) in [7, 11) is -3.99. The quantitative estimate of drug-likeness (QED) is 0.314. The van der Waals surface area contributed by atoms with E-state index in [1.807, 2.05) is 0 Å². The maximum Gasteiger partial charge on any atom is 0.459 e. The van der Waals surface area contributed by atoms with Crippen molar-refractivity contribution in [2.75, 3.05) is 18.5 Å². The second kappa shape index (κ2) is 11.8. The van der Waals surface area contributed by atoms with Gasteiger partial charge in [-0.2, -0.15) is 4.98 Å². The molecule has 14 heteroatoms. The molecule has 2 N–H and O–H groups in total. The van der Waals surface area contributed by atoms with Gasteiger partial charge in [0, 0.05) is 16.1 Å². The van der Waals surface area contributed by atoms with E-state index in [4.69, 9.17) is 18.5 Å². The number of carbonyl (C=O) groups excluding carboxylic acids is 2. The van der Waals surface area contributed by atoms with Crippen molar-refractivity contribution < 1.29 is 32.7 Å². The van der Waals surface area contributed by atoms with Crippen molar-refractivity contribution >= 4 is 41.7 Å². The summed E-state index contributed by atoms with van der Waals surface area (Å²) in [4.78, 5) is 39.6. The van der Waals surface area contributed by atoms with Gasteiger partial charge in [-0.25, -0.2) is 14.4 Å². The molecule has 1 saturated heterocycles. The van der Waals surface area contributed by atoms with Crippen molar-refractivity contribution in [3.63, 3.8) is 0 Å². The van der Waals surface area contributed by atoms with Crippen molar-refractivity contribution in [2.45, 2.75) is 46.3 Å². The number of benzene rings is 1. The maximum absolute atomic E-state index is 13.3. The molecule has 2 aromatic rings. The normalized spacial score (nSPS) is 20.4. The molecule has 1 aliphatic rings. The van der Waals surface area contributed by atoms with E-state index in [2.05, 4.69) is 31.3 Å². The highest BCUT2D eigenvalue weighted by Gasteiger charge is 2.34. The third-order valence-electron chi connectivity index (χ3n) is 4.78. The lowest BCUT2D eigenvalue weighted by molar-refractivity contribution is -0.123. The van der Waals surface area contributed by atoms with Crippen LogP contribution in [-0.4, -0.2) is 47.3 Å². The minimum Gasteiger partial charge on any atom is -0.413 e. The van der Waals surface area contributed by atoms with E-state index in [0.29, 0.717) is 6.29 Å². The van der Waals surface area contributed by atoms with Crippen LogP contribution in [0.3, 0.4) is 0 Å². The molecule has 1 aromatic carbocycles. The van der Waals surface area contributed by atoms with E-state index in [1.165, 1.54) is 23.8 Å². The summed E-state index contributed by atoms with van der Waals surface area (Å²) in [6, 6.07) is 7.22. The summed E-state index contributed by atoms with van der Waals surface area (Å²) in [5.41, 5.74) is -1.30. The van der Waals surface area contributed by atoms with Crippen LogP contribution in [0.4, 0.5) is 5.82 Å². The van der Waals surface area contributed by atoms with Crippen LogP contribution >= 0.6 is 23.7 Å². The Morgan fingerprint density at radius 2 is 2.03 bits per heavy atom. The minimum atomic E-state index is -3.99. The summed E-state index contributed by atoms with van der Waals surface area (Å²) < 4.78 is 37.5. The number of nitrogens with zero attached hydrogens (tertiary/aromatic N) is 2. The van der Waals surface area contributed by atoms with Gasteiger partial charge < -0.3 is 24.1 Å². The van der Waals surface area contributed by atoms with E-state index >= 15 is 0 Å². The number of carbonyl (C=O) groups is 2. The monoisotopic (exact) mass is 586 g/mol. The first-order valence-electron chi connectivity index (χ1n) is 11.0. The third kappa shape index (κ3) is 7.79. The zero-order valence-corrected chi connectivity index (χ0v) is 22.7. The second-order valence-corrected chi connectivity index (χ2v) is 11.6. The van der Waals surface area contributed by atoms with Gasteiger partial charge in [0.15, 0.2) is 12.5 Å². The van der Waals surface area contributed by atoms with E-state index < -0.39 is 37.4 Å². The number of aromatic nitrogens is 2. The molecule has 1 fully saturated rings. The van der Waals surface area contributed by atoms with Crippen LogP contribution in [0, 0.1) is 5.41 Å². The molecule has 3 rings (SSSR count). The van der Waals surface area contributed by atoms with Crippen molar-refractivity contribution in [2.24, 2.45) is 5.41 Å². The SMILES string of the molecule is C[C@@H](C=O)NP(=O)(OC[C@H]1OC[C@@H](n2ccc(NC(=O)C(C)(C)C)nc2=O)O1)Oc1ccc(Br)cc1. The summed E-state index contributed by atoms with van der Waals surface area (Å²) in [5, 5.41) is 5.13. The molecule has 196 valence electrons. The van der Waals surface area contributed by atoms with Gasteiger partial charge in [-0.1, -0.05) is 36.7 Å². The van der Waals surface area contributed by atoms with Crippen molar-refractivity contribution in [1.29, 1.82) is 0 Å². The molecular formula is C22H28BrN4O8P. The fourth-order valence-electron chi connectivity index (χ4n) is 2.85.